The summed E-state index contributed by atoms with van der Waals surface area (Å²) in [5, 5.41) is 10.7. The molecular formula is C21H27N5O4. The minimum atomic E-state index is -0.859. The number of hydrogen-bond donors (Lipinski definition) is 2. The Bertz CT molecular complexity index is 1190. The van der Waals surface area contributed by atoms with Crippen LogP contribution in [0.4, 0.5) is 5.95 Å². The van der Waals surface area contributed by atoms with Gasteiger partial charge in [-0.05, 0) is 49.9 Å². The predicted molar refractivity (Wildman–Crippen MR) is 114 cm³/mol. The molecule has 3 heterocycles. The normalized spacial score (nSPS) is 15.1. The minimum absolute atomic E-state index is 0.0747. The fourth-order valence-electron chi connectivity index (χ4n) is 3.81. The van der Waals surface area contributed by atoms with E-state index in [0.29, 0.717) is 17.3 Å². The zero-order chi connectivity index (χ0) is 21.4. The maximum atomic E-state index is 12.6. The van der Waals surface area contributed by atoms with Crippen LogP contribution in [0.25, 0.3) is 11.2 Å². The number of anilines is 1. The molecule has 160 valence electrons. The molecule has 1 aliphatic heterocycles. The molecule has 1 unspecified atom stereocenters. The van der Waals surface area contributed by atoms with Gasteiger partial charge in [0.05, 0.1) is 6.54 Å². The van der Waals surface area contributed by atoms with Crippen LogP contribution in [0.3, 0.4) is 0 Å². The number of aromatic amines is 1. The maximum absolute atomic E-state index is 12.6. The fourth-order valence-corrected chi connectivity index (χ4v) is 3.81. The molecule has 0 saturated carbocycles. The van der Waals surface area contributed by atoms with Gasteiger partial charge in [0.1, 0.15) is 18.5 Å². The molecule has 0 amide bonds. The molecule has 1 aromatic carbocycles. The first-order chi connectivity index (χ1) is 14.3. The number of nitrogens with zero attached hydrogens (tertiary/aromatic N) is 4. The number of hydrogen-bond acceptors (Lipinski definition) is 6. The molecule has 1 fully saturated rings. The Balaban J connectivity index is 1.64. The summed E-state index contributed by atoms with van der Waals surface area (Å²) in [6, 6.07) is 5.79. The molecule has 1 aliphatic rings. The number of aliphatic hydroxyl groups is 1. The minimum Gasteiger partial charge on any atom is -0.491 e. The molecule has 3 aromatic rings. The van der Waals surface area contributed by atoms with E-state index >= 15 is 0 Å². The predicted octanol–water partition coefficient (Wildman–Crippen LogP) is 1.08. The van der Waals surface area contributed by atoms with E-state index in [9.17, 15) is 14.7 Å². The van der Waals surface area contributed by atoms with Crippen molar-refractivity contribution in [3.8, 4) is 5.75 Å². The number of ether oxygens (including phenoxy) is 1. The molecule has 1 saturated heterocycles. The highest BCUT2D eigenvalue weighted by Crippen LogP contribution is 2.24. The molecule has 2 N–H and O–H groups in total. The number of benzene rings is 1. The lowest BCUT2D eigenvalue weighted by molar-refractivity contribution is 0.0936. The van der Waals surface area contributed by atoms with Crippen molar-refractivity contribution in [1.29, 1.82) is 0 Å². The first-order valence-electron chi connectivity index (χ1n) is 10.2. The van der Waals surface area contributed by atoms with Crippen LogP contribution in [-0.2, 0) is 13.6 Å². The maximum Gasteiger partial charge on any atom is 0.329 e. The Morgan fingerprint density at radius 3 is 2.63 bits per heavy atom. The Morgan fingerprint density at radius 2 is 1.93 bits per heavy atom. The van der Waals surface area contributed by atoms with Gasteiger partial charge in [-0.25, -0.2) is 4.79 Å². The molecular weight excluding hydrogens is 386 g/mol. The van der Waals surface area contributed by atoms with Gasteiger partial charge in [0, 0.05) is 20.1 Å². The van der Waals surface area contributed by atoms with E-state index in [4.69, 9.17) is 4.74 Å². The second-order valence-corrected chi connectivity index (χ2v) is 7.92. The van der Waals surface area contributed by atoms with Gasteiger partial charge < -0.3 is 19.3 Å². The first-order valence-corrected chi connectivity index (χ1v) is 10.2. The van der Waals surface area contributed by atoms with Crippen LogP contribution in [0, 0.1) is 13.8 Å². The smallest absolute Gasteiger partial charge is 0.329 e. The Morgan fingerprint density at radius 1 is 1.20 bits per heavy atom. The van der Waals surface area contributed by atoms with E-state index in [1.54, 1.807) is 11.6 Å². The van der Waals surface area contributed by atoms with Gasteiger partial charge in [-0.15, -0.1) is 0 Å². The number of imidazole rings is 1. The van der Waals surface area contributed by atoms with Crippen LogP contribution in [0.2, 0.25) is 0 Å². The summed E-state index contributed by atoms with van der Waals surface area (Å²) in [6.07, 6.45) is 1.22. The molecule has 1 atom stereocenters. The van der Waals surface area contributed by atoms with Crippen LogP contribution < -0.4 is 20.9 Å². The van der Waals surface area contributed by atoms with Gasteiger partial charge >= 0.3 is 5.69 Å². The summed E-state index contributed by atoms with van der Waals surface area (Å²) < 4.78 is 8.79. The van der Waals surface area contributed by atoms with E-state index in [0.717, 1.165) is 31.5 Å². The van der Waals surface area contributed by atoms with Crippen LogP contribution in [0.1, 0.15) is 24.0 Å². The third-order valence-corrected chi connectivity index (χ3v) is 5.69. The molecule has 0 aliphatic carbocycles. The van der Waals surface area contributed by atoms with E-state index in [1.165, 1.54) is 10.1 Å². The number of H-pyrrole nitrogens is 1. The Kier molecular flexibility index (Phi) is 5.38. The first kappa shape index (κ1) is 20.2. The topological polar surface area (TPSA) is 105 Å². The summed E-state index contributed by atoms with van der Waals surface area (Å²) >= 11 is 0. The van der Waals surface area contributed by atoms with Crippen molar-refractivity contribution in [2.24, 2.45) is 7.05 Å². The molecule has 0 bridgehead atoms. The van der Waals surface area contributed by atoms with Gasteiger partial charge in [-0.3, -0.25) is 14.3 Å². The number of aryl methyl sites for hydroxylation is 3. The third-order valence-electron chi connectivity index (χ3n) is 5.69. The Hall–Kier alpha value is -3.07. The van der Waals surface area contributed by atoms with Crippen molar-refractivity contribution in [1.82, 2.24) is 19.1 Å². The number of rotatable bonds is 6. The quantitative estimate of drug-likeness (QED) is 0.627. The molecule has 2 aromatic heterocycles. The lowest BCUT2D eigenvalue weighted by Gasteiger charge is -2.20. The molecule has 9 heteroatoms. The summed E-state index contributed by atoms with van der Waals surface area (Å²) in [5.41, 5.74) is 1.87. The van der Waals surface area contributed by atoms with Crippen molar-refractivity contribution < 1.29 is 9.84 Å². The standard InChI is InChI=1S/C21H27N5O4/c1-13-6-7-16(10-14(13)2)30-12-15(27)11-26-17-18(24(3)21(29)23-19(17)28)22-20(26)25-8-4-5-9-25/h6-7,10,15,27H,4-5,8-9,11-12H2,1-3H3,(H,23,28,29). The average Bonchev–Trinajstić information content (AvgIpc) is 3.35. The summed E-state index contributed by atoms with van der Waals surface area (Å²) in [5.74, 6) is 1.28. The van der Waals surface area contributed by atoms with Crippen LogP contribution in [0.5, 0.6) is 5.75 Å². The monoisotopic (exact) mass is 413 g/mol. The van der Waals surface area contributed by atoms with Gasteiger partial charge in [0.2, 0.25) is 5.95 Å². The number of aliphatic hydroxyl groups excluding tert-OH is 1. The molecule has 0 radical (unpaired) electrons. The van der Waals surface area contributed by atoms with Crippen molar-refractivity contribution in [3.63, 3.8) is 0 Å². The SMILES string of the molecule is Cc1ccc(OCC(O)Cn2c(N3CCCC3)nc3c2c(=O)[nH]c(=O)n3C)cc1C. The van der Waals surface area contributed by atoms with E-state index < -0.39 is 17.4 Å². The zero-order valence-electron chi connectivity index (χ0n) is 17.5. The lowest BCUT2D eigenvalue weighted by atomic mass is 10.1. The van der Waals surface area contributed by atoms with Gasteiger partial charge in [0.15, 0.2) is 11.2 Å². The fraction of sp³-hybridized carbons (Fsp3) is 0.476. The highest BCUT2D eigenvalue weighted by Gasteiger charge is 2.25. The number of aromatic nitrogens is 4. The average molecular weight is 413 g/mol. The number of nitrogens with one attached hydrogen (secondary N) is 1. The van der Waals surface area contributed by atoms with E-state index in [1.807, 2.05) is 32.0 Å². The van der Waals surface area contributed by atoms with Crippen molar-refractivity contribution in [2.75, 3.05) is 24.6 Å². The van der Waals surface area contributed by atoms with E-state index in [2.05, 4.69) is 14.9 Å². The second kappa shape index (κ2) is 7.98. The molecule has 9 nitrogen and oxygen atoms in total. The lowest BCUT2D eigenvalue weighted by Crippen LogP contribution is -2.31. The highest BCUT2D eigenvalue weighted by atomic mass is 16.5. The van der Waals surface area contributed by atoms with Gasteiger partial charge in [0.25, 0.3) is 5.56 Å². The van der Waals surface area contributed by atoms with Crippen molar-refractivity contribution in [2.45, 2.75) is 39.3 Å². The highest BCUT2D eigenvalue weighted by molar-refractivity contribution is 5.74. The summed E-state index contributed by atoms with van der Waals surface area (Å²) in [6.45, 7) is 5.90. The summed E-state index contributed by atoms with van der Waals surface area (Å²) in [4.78, 5) is 33.6. The number of fused-ring (bicyclic) bond motifs is 1. The molecule has 4 rings (SSSR count). The Labute approximate surface area is 173 Å². The third kappa shape index (κ3) is 3.72. The van der Waals surface area contributed by atoms with E-state index in [-0.39, 0.29) is 18.7 Å². The van der Waals surface area contributed by atoms with Gasteiger partial charge in [-0.2, -0.15) is 4.98 Å². The molecule has 0 spiro atoms. The second-order valence-electron chi connectivity index (χ2n) is 7.92. The van der Waals surface area contributed by atoms with Gasteiger partial charge in [-0.1, -0.05) is 6.07 Å². The van der Waals surface area contributed by atoms with Crippen molar-refractivity contribution in [3.05, 3.63) is 50.2 Å². The summed E-state index contributed by atoms with van der Waals surface area (Å²) in [7, 11) is 1.57. The molecule has 30 heavy (non-hydrogen) atoms. The zero-order valence-corrected chi connectivity index (χ0v) is 17.5. The van der Waals surface area contributed by atoms with Crippen LogP contribution in [0.15, 0.2) is 27.8 Å². The van der Waals surface area contributed by atoms with Crippen LogP contribution >= 0.6 is 0 Å². The largest absolute Gasteiger partial charge is 0.491 e. The van der Waals surface area contributed by atoms with Crippen LogP contribution in [-0.4, -0.2) is 50.0 Å². The van der Waals surface area contributed by atoms with Crippen molar-refractivity contribution >= 4 is 17.1 Å².